The van der Waals surface area contributed by atoms with E-state index in [0.29, 0.717) is 31.8 Å². The molecule has 1 heterocycles. The van der Waals surface area contributed by atoms with Gasteiger partial charge < -0.3 is 14.4 Å². The molecule has 0 radical (unpaired) electrons. The van der Waals surface area contributed by atoms with E-state index in [9.17, 15) is 4.79 Å². The van der Waals surface area contributed by atoms with Gasteiger partial charge in [-0.15, -0.1) is 0 Å². The quantitative estimate of drug-likeness (QED) is 0.706. The van der Waals surface area contributed by atoms with Gasteiger partial charge in [-0.25, -0.2) is 4.98 Å². The lowest BCUT2D eigenvalue weighted by Crippen LogP contribution is -2.07. The molecule has 1 aromatic rings. The van der Waals surface area contributed by atoms with Gasteiger partial charge in [0, 0.05) is 25.4 Å². The van der Waals surface area contributed by atoms with Gasteiger partial charge in [-0.05, 0) is 13.3 Å². The average Bonchev–Trinajstić information content (AvgIpc) is 2.66. The van der Waals surface area contributed by atoms with Crippen LogP contribution in [-0.2, 0) is 22.7 Å². The second kappa shape index (κ2) is 6.19. The number of nitrogens with zero attached hydrogens (tertiary/aromatic N) is 2. The van der Waals surface area contributed by atoms with E-state index in [4.69, 9.17) is 9.84 Å². The molecule has 0 atom stereocenters. The fraction of sp³-hybridized carbons (Fsp3) is 0.600. The molecule has 0 amide bonds. The number of carbonyl (C=O) groups excluding carboxylic acids is 1. The van der Waals surface area contributed by atoms with Crippen LogP contribution in [0.15, 0.2) is 12.4 Å². The minimum absolute atomic E-state index is 0.0770. The summed E-state index contributed by atoms with van der Waals surface area (Å²) in [6, 6.07) is 0. The molecular weight excluding hydrogens is 196 g/mol. The number of ether oxygens (including phenoxy) is 1. The Morgan fingerprint density at radius 1 is 1.67 bits per heavy atom. The number of hydrogen-bond donors (Lipinski definition) is 1. The summed E-state index contributed by atoms with van der Waals surface area (Å²) in [5.41, 5.74) is 0. The van der Waals surface area contributed by atoms with E-state index >= 15 is 0 Å². The Labute approximate surface area is 88.7 Å². The van der Waals surface area contributed by atoms with E-state index in [1.54, 1.807) is 19.3 Å². The van der Waals surface area contributed by atoms with Crippen molar-refractivity contribution in [1.29, 1.82) is 0 Å². The number of aliphatic hydroxyl groups is 1. The van der Waals surface area contributed by atoms with Gasteiger partial charge >= 0.3 is 5.97 Å². The third-order valence-corrected chi connectivity index (χ3v) is 2.03. The highest BCUT2D eigenvalue weighted by atomic mass is 16.5. The molecule has 0 unspecified atom stereocenters. The minimum atomic E-state index is -0.178. The van der Waals surface area contributed by atoms with Gasteiger partial charge in [0.15, 0.2) is 0 Å². The van der Waals surface area contributed by atoms with Crippen molar-refractivity contribution in [3.63, 3.8) is 0 Å². The largest absolute Gasteiger partial charge is 0.466 e. The lowest BCUT2D eigenvalue weighted by atomic mass is 10.3. The summed E-state index contributed by atoms with van der Waals surface area (Å²) in [6.45, 7) is 2.81. The maximum atomic E-state index is 11.0. The highest BCUT2D eigenvalue weighted by Gasteiger charge is 2.03. The molecule has 0 fully saturated rings. The molecule has 1 N–H and O–H groups in total. The third kappa shape index (κ3) is 3.71. The number of carbonyl (C=O) groups is 1. The van der Waals surface area contributed by atoms with E-state index in [0.717, 1.165) is 0 Å². The SMILES string of the molecule is CCOC(=O)CCCn1ccnc1CO. The summed E-state index contributed by atoms with van der Waals surface area (Å²) < 4.78 is 6.64. The smallest absolute Gasteiger partial charge is 0.305 e. The van der Waals surface area contributed by atoms with Crippen molar-refractivity contribution in [3.8, 4) is 0 Å². The molecule has 15 heavy (non-hydrogen) atoms. The standard InChI is InChI=1S/C10H16N2O3/c1-2-15-10(14)4-3-6-12-7-5-11-9(12)8-13/h5,7,13H,2-4,6,8H2,1H3. The lowest BCUT2D eigenvalue weighted by molar-refractivity contribution is -0.143. The normalized spacial score (nSPS) is 10.3. The maximum Gasteiger partial charge on any atom is 0.305 e. The zero-order chi connectivity index (χ0) is 11.1. The number of aliphatic hydroxyl groups excluding tert-OH is 1. The van der Waals surface area contributed by atoms with Crippen LogP contribution in [0.2, 0.25) is 0 Å². The second-order valence-corrected chi connectivity index (χ2v) is 3.10. The molecule has 0 spiro atoms. The lowest BCUT2D eigenvalue weighted by Gasteiger charge is -2.05. The van der Waals surface area contributed by atoms with Gasteiger partial charge in [0.05, 0.1) is 6.61 Å². The first-order chi connectivity index (χ1) is 7.27. The fourth-order valence-corrected chi connectivity index (χ4v) is 1.32. The molecule has 1 rings (SSSR count). The number of rotatable bonds is 6. The monoisotopic (exact) mass is 212 g/mol. The molecular formula is C10H16N2O3. The zero-order valence-corrected chi connectivity index (χ0v) is 8.85. The molecule has 0 saturated heterocycles. The Kier molecular flexibility index (Phi) is 4.83. The van der Waals surface area contributed by atoms with Crippen LogP contribution in [0.3, 0.4) is 0 Å². The van der Waals surface area contributed by atoms with Crippen LogP contribution in [0.4, 0.5) is 0 Å². The van der Waals surface area contributed by atoms with Crippen LogP contribution in [0.1, 0.15) is 25.6 Å². The van der Waals surface area contributed by atoms with Crippen molar-refractivity contribution in [3.05, 3.63) is 18.2 Å². The Morgan fingerprint density at radius 3 is 3.13 bits per heavy atom. The van der Waals surface area contributed by atoms with E-state index < -0.39 is 0 Å². The molecule has 0 aromatic carbocycles. The van der Waals surface area contributed by atoms with Crippen molar-refractivity contribution in [2.45, 2.75) is 32.9 Å². The summed E-state index contributed by atoms with van der Waals surface area (Å²) in [4.78, 5) is 15.0. The van der Waals surface area contributed by atoms with Crippen LogP contribution in [0.5, 0.6) is 0 Å². The van der Waals surface area contributed by atoms with Gasteiger partial charge in [-0.2, -0.15) is 0 Å². The van der Waals surface area contributed by atoms with Crippen molar-refractivity contribution >= 4 is 5.97 Å². The van der Waals surface area contributed by atoms with E-state index in [-0.39, 0.29) is 12.6 Å². The van der Waals surface area contributed by atoms with Crippen LogP contribution < -0.4 is 0 Å². The van der Waals surface area contributed by atoms with E-state index in [2.05, 4.69) is 4.98 Å². The highest BCUT2D eigenvalue weighted by Crippen LogP contribution is 2.02. The third-order valence-electron chi connectivity index (χ3n) is 2.03. The number of aromatic nitrogens is 2. The molecule has 1 aromatic heterocycles. The van der Waals surface area contributed by atoms with Gasteiger partial charge in [0.2, 0.25) is 0 Å². The molecule has 0 saturated carbocycles. The summed E-state index contributed by atoms with van der Waals surface area (Å²) in [6.07, 6.45) is 4.52. The number of hydrogen-bond acceptors (Lipinski definition) is 4. The minimum Gasteiger partial charge on any atom is -0.466 e. The summed E-state index contributed by atoms with van der Waals surface area (Å²) in [5, 5.41) is 8.93. The molecule has 5 heteroatoms. The Hall–Kier alpha value is -1.36. The number of aryl methyl sites for hydroxylation is 1. The first kappa shape index (κ1) is 11.7. The van der Waals surface area contributed by atoms with Crippen molar-refractivity contribution in [1.82, 2.24) is 9.55 Å². The molecule has 0 aliphatic heterocycles. The number of esters is 1. The van der Waals surface area contributed by atoms with Crippen LogP contribution >= 0.6 is 0 Å². The molecule has 0 aliphatic carbocycles. The topological polar surface area (TPSA) is 64.4 Å². The predicted molar refractivity (Wildman–Crippen MR) is 54.0 cm³/mol. The van der Waals surface area contributed by atoms with Crippen LogP contribution in [0, 0.1) is 0 Å². The van der Waals surface area contributed by atoms with E-state index in [1.165, 1.54) is 0 Å². The fourth-order valence-electron chi connectivity index (χ4n) is 1.32. The Morgan fingerprint density at radius 2 is 2.47 bits per heavy atom. The average molecular weight is 212 g/mol. The molecule has 0 aliphatic rings. The summed E-state index contributed by atoms with van der Waals surface area (Å²) in [7, 11) is 0. The van der Waals surface area contributed by atoms with Gasteiger partial charge in [0.1, 0.15) is 12.4 Å². The number of imidazole rings is 1. The second-order valence-electron chi connectivity index (χ2n) is 3.10. The summed E-state index contributed by atoms with van der Waals surface area (Å²) >= 11 is 0. The first-order valence-corrected chi connectivity index (χ1v) is 5.04. The van der Waals surface area contributed by atoms with Crippen molar-refractivity contribution in [2.75, 3.05) is 6.61 Å². The zero-order valence-electron chi connectivity index (χ0n) is 8.85. The molecule has 5 nitrogen and oxygen atoms in total. The maximum absolute atomic E-state index is 11.0. The van der Waals surface area contributed by atoms with E-state index in [1.807, 2.05) is 4.57 Å². The van der Waals surface area contributed by atoms with Crippen molar-refractivity contribution < 1.29 is 14.6 Å². The highest BCUT2D eigenvalue weighted by molar-refractivity contribution is 5.69. The molecule has 84 valence electrons. The first-order valence-electron chi connectivity index (χ1n) is 5.04. The Balaban J connectivity index is 2.28. The van der Waals surface area contributed by atoms with Crippen LogP contribution in [-0.4, -0.2) is 27.2 Å². The van der Waals surface area contributed by atoms with Crippen LogP contribution in [0.25, 0.3) is 0 Å². The summed E-state index contributed by atoms with van der Waals surface area (Å²) in [5.74, 6) is 0.446. The van der Waals surface area contributed by atoms with Crippen molar-refractivity contribution in [2.24, 2.45) is 0 Å². The van der Waals surface area contributed by atoms with Gasteiger partial charge in [-0.1, -0.05) is 0 Å². The predicted octanol–water partition coefficient (Wildman–Crippen LogP) is 0.719. The Bertz CT molecular complexity index is 309. The molecule has 0 bridgehead atoms. The van der Waals surface area contributed by atoms with Gasteiger partial charge in [-0.3, -0.25) is 4.79 Å². The van der Waals surface area contributed by atoms with Gasteiger partial charge in [0.25, 0.3) is 0 Å².